The Hall–Kier alpha value is -3.19. The molecule has 1 aromatic carbocycles. The number of para-hydroxylation sites is 1. The van der Waals surface area contributed by atoms with Gasteiger partial charge in [0.1, 0.15) is 6.61 Å². The van der Waals surface area contributed by atoms with Gasteiger partial charge < -0.3 is 23.8 Å². The summed E-state index contributed by atoms with van der Waals surface area (Å²) in [5.74, 6) is -0.674. The molecule has 0 aliphatic carbocycles. The third-order valence-electron chi connectivity index (χ3n) is 7.92. The van der Waals surface area contributed by atoms with Crippen LogP contribution in [-0.2, 0) is 58.4 Å². The fourth-order valence-electron chi connectivity index (χ4n) is 6.12. The van der Waals surface area contributed by atoms with Gasteiger partial charge in [-0.05, 0) is 42.9 Å². The summed E-state index contributed by atoms with van der Waals surface area (Å²) in [6.45, 7) is 4.66. The quantitative estimate of drug-likeness (QED) is 0.105. The summed E-state index contributed by atoms with van der Waals surface area (Å²) in [7, 11) is -8.15. The molecule has 2 aliphatic heterocycles. The average molecular weight is 647 g/mol. The number of allylic oxidation sites excluding steroid dienone is 1. The molecule has 3 aromatic rings. The number of rotatable bonds is 11. The van der Waals surface area contributed by atoms with Crippen LogP contribution in [0.1, 0.15) is 55.9 Å². The first-order chi connectivity index (χ1) is 20.6. The molecule has 12 nitrogen and oxygen atoms in total. The van der Waals surface area contributed by atoms with Gasteiger partial charge in [-0.2, -0.15) is 0 Å². The molecule has 0 amide bonds. The van der Waals surface area contributed by atoms with Crippen molar-refractivity contribution in [2.45, 2.75) is 58.8 Å². The highest BCUT2D eigenvalue weighted by atomic mass is 32.2. The Morgan fingerprint density at radius 2 is 1.95 bits per heavy atom. The monoisotopic (exact) mass is 646 g/mol. The van der Waals surface area contributed by atoms with Gasteiger partial charge in [-0.15, -0.1) is 0 Å². The number of nitrogens with zero attached hydrogens (tertiary/aromatic N) is 2. The zero-order valence-corrected chi connectivity index (χ0v) is 26.6. The largest absolute Gasteiger partial charge is 0.471 e. The summed E-state index contributed by atoms with van der Waals surface area (Å²) in [5, 5.41) is 0.902. The Labute approximate surface area is 254 Å². The predicted octanol–water partition coefficient (Wildman–Crippen LogP) is 3.73. The maximum Gasteiger partial charge on any atom is 0.471 e. The molecular formula is C30H35N2O10PS. The van der Waals surface area contributed by atoms with Crippen molar-refractivity contribution < 1.29 is 41.6 Å². The first-order valence-corrected chi connectivity index (χ1v) is 17.8. The van der Waals surface area contributed by atoms with Crippen LogP contribution < -0.4 is 5.56 Å². The van der Waals surface area contributed by atoms with Crippen LogP contribution in [0.5, 0.6) is 0 Å². The standard InChI is InChI=1S/C30H35N2O10PS/c1-5-30(41-17-42-43(35,36)37)24-13-26-27-22(14-32(26)28(33)23(24)15-40-29(30)34)20(21-8-6-7-9-25(21)31-27)11-10-19(12-18(2)3)16-44(4,38)39/h6-9,12-13,18H,5,10-11,14-17H2,1-4H3,(H2,35,36,37)/b19-12+/t30-/m0/s1. The van der Waals surface area contributed by atoms with Gasteiger partial charge in [0.05, 0.1) is 34.8 Å². The lowest BCUT2D eigenvalue weighted by Crippen LogP contribution is -2.46. The summed E-state index contributed by atoms with van der Waals surface area (Å²) < 4.78 is 52.7. The van der Waals surface area contributed by atoms with E-state index in [9.17, 15) is 22.6 Å². The molecule has 0 saturated heterocycles. The molecule has 0 bridgehead atoms. The zero-order chi connectivity index (χ0) is 32.0. The number of cyclic esters (lactones) is 1. The van der Waals surface area contributed by atoms with Gasteiger partial charge >= 0.3 is 13.8 Å². The third kappa shape index (κ3) is 6.30. The number of hydrogen-bond donors (Lipinski definition) is 2. The first kappa shape index (κ1) is 32.2. The number of phosphoric ester groups is 1. The van der Waals surface area contributed by atoms with Gasteiger partial charge in [0.2, 0.25) is 0 Å². The lowest BCUT2D eigenvalue weighted by molar-refractivity contribution is -0.192. The molecule has 0 spiro atoms. The molecule has 0 unspecified atom stereocenters. The smallest absolute Gasteiger partial charge is 0.458 e. The minimum absolute atomic E-state index is 0.000794. The second-order valence-electron chi connectivity index (χ2n) is 11.5. The fraction of sp³-hybridized carbons (Fsp3) is 0.433. The zero-order valence-electron chi connectivity index (χ0n) is 24.9. The Balaban J connectivity index is 1.63. The summed E-state index contributed by atoms with van der Waals surface area (Å²) in [6.07, 6.45) is 4.22. The van der Waals surface area contributed by atoms with E-state index in [2.05, 4.69) is 4.52 Å². The number of carbonyl (C=O) groups is 1. The van der Waals surface area contributed by atoms with E-state index >= 15 is 0 Å². The minimum atomic E-state index is -4.90. The molecule has 2 N–H and O–H groups in total. The second kappa shape index (κ2) is 12.0. The van der Waals surface area contributed by atoms with Crippen LogP contribution in [0, 0.1) is 5.92 Å². The van der Waals surface area contributed by atoms with Gasteiger partial charge in [0.15, 0.2) is 22.2 Å². The minimum Gasteiger partial charge on any atom is -0.458 e. The lowest BCUT2D eigenvalue weighted by Gasteiger charge is -2.35. The van der Waals surface area contributed by atoms with Crippen molar-refractivity contribution in [2.24, 2.45) is 5.92 Å². The molecule has 0 saturated carbocycles. The highest BCUT2D eigenvalue weighted by Gasteiger charge is 2.48. The van der Waals surface area contributed by atoms with Crippen LogP contribution >= 0.6 is 7.82 Å². The third-order valence-corrected chi connectivity index (χ3v) is 9.26. The summed E-state index contributed by atoms with van der Waals surface area (Å²) >= 11 is 0. The van der Waals surface area contributed by atoms with Gasteiger partial charge in [-0.1, -0.05) is 50.6 Å². The van der Waals surface area contributed by atoms with Crippen molar-refractivity contribution in [1.82, 2.24) is 9.55 Å². The van der Waals surface area contributed by atoms with Crippen LogP contribution in [0.25, 0.3) is 22.3 Å². The highest BCUT2D eigenvalue weighted by molar-refractivity contribution is 7.90. The average Bonchev–Trinajstić information content (AvgIpc) is 3.29. The number of pyridine rings is 2. The maximum absolute atomic E-state index is 13.9. The molecule has 2 aromatic heterocycles. The number of aromatic nitrogens is 2. The van der Waals surface area contributed by atoms with E-state index in [0.29, 0.717) is 29.7 Å². The summed E-state index contributed by atoms with van der Waals surface area (Å²) in [5.41, 5.74) is 2.53. The summed E-state index contributed by atoms with van der Waals surface area (Å²) in [4.78, 5) is 50.2. The number of fused-ring (bicyclic) bond motifs is 5. The van der Waals surface area contributed by atoms with E-state index < -0.39 is 41.6 Å². The van der Waals surface area contributed by atoms with E-state index in [1.165, 1.54) is 6.26 Å². The van der Waals surface area contributed by atoms with E-state index in [1.807, 2.05) is 44.2 Å². The molecular weight excluding hydrogens is 611 g/mol. The number of aryl methyl sites for hydroxylation is 1. The number of esters is 1. The molecule has 1 atom stereocenters. The van der Waals surface area contributed by atoms with Gasteiger partial charge in [0, 0.05) is 22.8 Å². The van der Waals surface area contributed by atoms with E-state index in [-0.39, 0.29) is 42.4 Å². The van der Waals surface area contributed by atoms with Crippen LogP contribution in [0.2, 0.25) is 0 Å². The second-order valence-corrected chi connectivity index (χ2v) is 14.9. The van der Waals surface area contributed by atoms with Crippen molar-refractivity contribution in [2.75, 3.05) is 18.8 Å². The Morgan fingerprint density at radius 3 is 2.61 bits per heavy atom. The maximum atomic E-state index is 13.9. The van der Waals surface area contributed by atoms with Crippen molar-refractivity contribution in [3.8, 4) is 11.4 Å². The SMILES string of the molecule is CC[C@@]1(OCOP(=O)(O)O)C(=O)OCc2c1cc1n(c2=O)Cc2c-1nc1ccccc1c2CC/C(=C\C(C)C)CS(C)(=O)=O. The Bertz CT molecular complexity index is 1890. The number of ether oxygens (including phenoxy) is 2. The van der Waals surface area contributed by atoms with Crippen LogP contribution in [-0.4, -0.2) is 52.5 Å². The molecule has 5 rings (SSSR count). The van der Waals surface area contributed by atoms with Crippen LogP contribution in [0.4, 0.5) is 0 Å². The number of phosphoric acid groups is 1. The van der Waals surface area contributed by atoms with E-state index in [0.717, 1.165) is 22.1 Å². The normalized spacial score (nSPS) is 18.3. The molecule has 2 aliphatic rings. The van der Waals surface area contributed by atoms with Crippen LogP contribution in [0.3, 0.4) is 0 Å². The molecule has 0 radical (unpaired) electrons. The highest BCUT2D eigenvalue weighted by Crippen LogP contribution is 2.43. The van der Waals surface area contributed by atoms with Crippen molar-refractivity contribution in [3.05, 3.63) is 74.6 Å². The predicted molar refractivity (Wildman–Crippen MR) is 162 cm³/mol. The molecule has 44 heavy (non-hydrogen) atoms. The Morgan fingerprint density at radius 1 is 1.23 bits per heavy atom. The van der Waals surface area contributed by atoms with E-state index in [4.69, 9.17) is 24.2 Å². The van der Waals surface area contributed by atoms with Gasteiger partial charge in [-0.3, -0.25) is 9.32 Å². The van der Waals surface area contributed by atoms with E-state index in [1.54, 1.807) is 17.6 Å². The number of benzene rings is 1. The number of carbonyl (C=O) groups excluding carboxylic acids is 1. The number of sulfone groups is 1. The van der Waals surface area contributed by atoms with Gasteiger partial charge in [0.25, 0.3) is 5.56 Å². The van der Waals surface area contributed by atoms with Gasteiger partial charge in [-0.25, -0.2) is 22.8 Å². The van der Waals surface area contributed by atoms with Crippen LogP contribution in [0.15, 0.2) is 46.8 Å². The Kier molecular flexibility index (Phi) is 8.75. The summed E-state index contributed by atoms with van der Waals surface area (Å²) in [6, 6.07) is 9.27. The lowest BCUT2D eigenvalue weighted by atomic mass is 9.85. The van der Waals surface area contributed by atoms with Crippen molar-refractivity contribution in [3.63, 3.8) is 0 Å². The first-order valence-electron chi connectivity index (χ1n) is 14.2. The molecule has 14 heteroatoms. The topological polar surface area (TPSA) is 171 Å². The molecule has 4 heterocycles. The molecule has 0 fully saturated rings. The number of hydrogen-bond acceptors (Lipinski definition) is 9. The van der Waals surface area contributed by atoms with Crippen molar-refractivity contribution >= 4 is 34.5 Å². The molecule has 236 valence electrons. The fourth-order valence-corrected chi connectivity index (χ4v) is 7.22. The van der Waals surface area contributed by atoms with Crippen molar-refractivity contribution in [1.29, 1.82) is 0 Å².